The summed E-state index contributed by atoms with van der Waals surface area (Å²) in [6, 6.07) is 8.33. The molecule has 32 heavy (non-hydrogen) atoms. The minimum absolute atomic E-state index is 0.640. The van der Waals surface area contributed by atoms with Crippen molar-refractivity contribution in [3.63, 3.8) is 0 Å². The van der Waals surface area contributed by atoms with E-state index in [0.29, 0.717) is 11.7 Å². The van der Waals surface area contributed by atoms with Crippen LogP contribution < -0.4 is 4.74 Å². The van der Waals surface area contributed by atoms with Gasteiger partial charge in [0.1, 0.15) is 0 Å². The number of nitrogens with zero attached hydrogens (tertiary/aromatic N) is 3. The van der Waals surface area contributed by atoms with Crippen LogP contribution in [0.3, 0.4) is 0 Å². The average molecular weight is 434 g/mol. The fraction of sp³-hybridized carbons (Fsp3) is 0.607. The predicted molar refractivity (Wildman–Crippen MR) is 130 cm³/mol. The quantitative estimate of drug-likeness (QED) is 0.325. The number of benzene rings is 1. The lowest BCUT2D eigenvalue weighted by molar-refractivity contribution is 0.177. The van der Waals surface area contributed by atoms with Gasteiger partial charge in [-0.15, -0.1) is 0 Å². The van der Waals surface area contributed by atoms with E-state index in [4.69, 9.17) is 4.74 Å². The zero-order chi connectivity index (χ0) is 22.6. The van der Waals surface area contributed by atoms with E-state index < -0.39 is 0 Å². The Bertz CT molecular complexity index is 848. The second-order valence-corrected chi connectivity index (χ2v) is 9.38. The van der Waals surface area contributed by atoms with Crippen LogP contribution >= 0.6 is 0 Å². The fourth-order valence-electron chi connectivity index (χ4n) is 4.73. The standard InChI is InChI=1S/C28H39N3O/c1-3-5-7-9-22-11-13-23(14-12-22)21-32-27-19-30-28(31-20-27)25-16-15-24(10-8-6-4-2)26(17-25)18-29/h15-17,19-20,22-23H,3-14,21H2,1-2H3. The summed E-state index contributed by atoms with van der Waals surface area (Å²) >= 11 is 0. The molecule has 1 saturated carbocycles. The van der Waals surface area contributed by atoms with Crippen LogP contribution in [-0.4, -0.2) is 16.6 Å². The van der Waals surface area contributed by atoms with Gasteiger partial charge in [-0.3, -0.25) is 0 Å². The Balaban J connectivity index is 1.48. The molecule has 1 aliphatic rings. The molecule has 172 valence electrons. The van der Waals surface area contributed by atoms with Gasteiger partial charge in [-0.25, -0.2) is 9.97 Å². The van der Waals surface area contributed by atoms with Crippen molar-refractivity contribution in [1.29, 1.82) is 5.26 Å². The molecule has 1 aliphatic carbocycles. The van der Waals surface area contributed by atoms with Crippen LogP contribution in [0.15, 0.2) is 30.6 Å². The lowest BCUT2D eigenvalue weighted by Gasteiger charge is -2.28. The maximum atomic E-state index is 9.54. The number of unbranched alkanes of at least 4 members (excludes halogenated alkanes) is 4. The van der Waals surface area contributed by atoms with Gasteiger partial charge in [-0.1, -0.05) is 77.3 Å². The monoisotopic (exact) mass is 433 g/mol. The highest BCUT2D eigenvalue weighted by Gasteiger charge is 2.21. The van der Waals surface area contributed by atoms with E-state index in [-0.39, 0.29) is 0 Å². The SMILES string of the molecule is CCCCCc1ccc(-c2ncc(OCC3CCC(CCCCC)CC3)cn2)cc1C#N. The molecular weight excluding hydrogens is 394 g/mol. The number of nitriles is 1. The van der Waals surface area contributed by atoms with Gasteiger partial charge in [0.2, 0.25) is 0 Å². The third-order valence-electron chi connectivity index (χ3n) is 6.83. The minimum Gasteiger partial charge on any atom is -0.490 e. The Labute approximate surface area is 194 Å². The number of rotatable bonds is 12. The van der Waals surface area contributed by atoms with Gasteiger partial charge in [-0.05, 0) is 49.1 Å². The van der Waals surface area contributed by atoms with Gasteiger partial charge in [-0.2, -0.15) is 5.26 Å². The average Bonchev–Trinajstić information content (AvgIpc) is 2.84. The van der Waals surface area contributed by atoms with Crippen LogP contribution in [0.4, 0.5) is 0 Å². The maximum absolute atomic E-state index is 9.54. The molecular formula is C28H39N3O. The Kier molecular flexibility index (Phi) is 10.0. The molecule has 1 aromatic heterocycles. The molecule has 0 radical (unpaired) electrons. The first-order valence-electron chi connectivity index (χ1n) is 12.7. The first-order valence-corrected chi connectivity index (χ1v) is 12.7. The van der Waals surface area contributed by atoms with Crippen LogP contribution in [0, 0.1) is 23.2 Å². The summed E-state index contributed by atoms with van der Waals surface area (Å²) in [5, 5.41) is 9.54. The number of ether oxygens (including phenoxy) is 1. The highest BCUT2D eigenvalue weighted by Crippen LogP contribution is 2.32. The van der Waals surface area contributed by atoms with E-state index in [1.165, 1.54) is 64.2 Å². The number of hydrogen-bond donors (Lipinski definition) is 0. The number of aromatic nitrogens is 2. The lowest BCUT2D eigenvalue weighted by atomic mass is 9.80. The molecule has 0 aliphatic heterocycles. The lowest BCUT2D eigenvalue weighted by Crippen LogP contribution is -2.20. The van der Waals surface area contributed by atoms with Gasteiger partial charge in [0, 0.05) is 5.56 Å². The molecule has 0 atom stereocenters. The van der Waals surface area contributed by atoms with E-state index >= 15 is 0 Å². The molecule has 2 aromatic rings. The van der Waals surface area contributed by atoms with Crippen molar-refractivity contribution in [2.24, 2.45) is 11.8 Å². The maximum Gasteiger partial charge on any atom is 0.159 e. The second-order valence-electron chi connectivity index (χ2n) is 9.38. The normalized spacial score (nSPS) is 18.3. The van der Waals surface area contributed by atoms with Crippen molar-refractivity contribution >= 4 is 0 Å². The van der Waals surface area contributed by atoms with E-state index in [1.54, 1.807) is 12.4 Å². The summed E-state index contributed by atoms with van der Waals surface area (Å²) in [5.41, 5.74) is 2.73. The molecule has 1 aromatic carbocycles. The van der Waals surface area contributed by atoms with Crippen molar-refractivity contribution < 1.29 is 4.74 Å². The number of aryl methyl sites for hydroxylation is 1. The Morgan fingerprint density at radius 2 is 1.62 bits per heavy atom. The summed E-state index contributed by atoms with van der Waals surface area (Å²) in [6.07, 6.45) is 18.7. The highest BCUT2D eigenvalue weighted by atomic mass is 16.5. The number of hydrogen-bond acceptors (Lipinski definition) is 4. The van der Waals surface area contributed by atoms with Crippen molar-refractivity contribution in [3.8, 4) is 23.2 Å². The first kappa shape index (κ1) is 24.2. The van der Waals surface area contributed by atoms with Gasteiger partial charge in [0.05, 0.1) is 30.6 Å². The highest BCUT2D eigenvalue weighted by molar-refractivity contribution is 5.59. The van der Waals surface area contributed by atoms with Crippen LogP contribution in [-0.2, 0) is 6.42 Å². The zero-order valence-corrected chi connectivity index (χ0v) is 20.0. The molecule has 4 nitrogen and oxygen atoms in total. The van der Waals surface area contributed by atoms with Crippen LogP contribution in [0.1, 0.15) is 95.6 Å². The molecule has 1 heterocycles. The van der Waals surface area contributed by atoms with Gasteiger partial charge in [0.25, 0.3) is 0 Å². The fourth-order valence-corrected chi connectivity index (χ4v) is 4.73. The van der Waals surface area contributed by atoms with Crippen LogP contribution in [0.2, 0.25) is 0 Å². The third kappa shape index (κ3) is 7.33. The molecule has 1 fully saturated rings. The van der Waals surface area contributed by atoms with Gasteiger partial charge >= 0.3 is 0 Å². The second kappa shape index (κ2) is 13.2. The Hall–Kier alpha value is -2.41. The molecule has 0 unspecified atom stereocenters. The van der Waals surface area contributed by atoms with Crippen molar-refractivity contribution in [2.45, 2.75) is 90.9 Å². The molecule has 4 heteroatoms. The van der Waals surface area contributed by atoms with Crippen molar-refractivity contribution in [1.82, 2.24) is 9.97 Å². The van der Waals surface area contributed by atoms with E-state index in [1.807, 2.05) is 12.1 Å². The zero-order valence-electron chi connectivity index (χ0n) is 20.0. The molecule has 0 spiro atoms. The third-order valence-corrected chi connectivity index (χ3v) is 6.83. The largest absolute Gasteiger partial charge is 0.490 e. The minimum atomic E-state index is 0.640. The topological polar surface area (TPSA) is 58.8 Å². The first-order chi connectivity index (χ1) is 15.7. The van der Waals surface area contributed by atoms with E-state index in [9.17, 15) is 5.26 Å². The van der Waals surface area contributed by atoms with Crippen LogP contribution in [0.25, 0.3) is 11.4 Å². The smallest absolute Gasteiger partial charge is 0.159 e. The Morgan fingerprint density at radius 1 is 0.938 bits per heavy atom. The van der Waals surface area contributed by atoms with Crippen LogP contribution in [0.5, 0.6) is 5.75 Å². The summed E-state index contributed by atoms with van der Waals surface area (Å²) in [7, 11) is 0. The molecule has 0 bridgehead atoms. The molecule has 0 amide bonds. The summed E-state index contributed by atoms with van der Waals surface area (Å²) in [6.45, 7) is 5.23. The van der Waals surface area contributed by atoms with Crippen molar-refractivity contribution in [3.05, 3.63) is 41.7 Å². The molecule has 0 saturated heterocycles. The molecule has 0 N–H and O–H groups in total. The van der Waals surface area contributed by atoms with Crippen molar-refractivity contribution in [2.75, 3.05) is 6.61 Å². The summed E-state index contributed by atoms with van der Waals surface area (Å²) in [4.78, 5) is 9.00. The van der Waals surface area contributed by atoms with Gasteiger partial charge in [0.15, 0.2) is 11.6 Å². The predicted octanol–water partition coefficient (Wildman–Crippen LogP) is 7.51. The summed E-state index contributed by atoms with van der Waals surface area (Å²) in [5.74, 6) is 2.95. The Morgan fingerprint density at radius 3 is 2.31 bits per heavy atom. The van der Waals surface area contributed by atoms with E-state index in [0.717, 1.165) is 47.8 Å². The summed E-state index contributed by atoms with van der Waals surface area (Å²) < 4.78 is 6.01. The van der Waals surface area contributed by atoms with E-state index in [2.05, 4.69) is 36.0 Å². The van der Waals surface area contributed by atoms with Gasteiger partial charge < -0.3 is 4.74 Å². The molecule has 3 rings (SSSR count).